The molecule has 0 radical (unpaired) electrons. The third-order valence-electron chi connectivity index (χ3n) is 11.9. The van der Waals surface area contributed by atoms with Crippen LogP contribution in [0.5, 0.6) is 0 Å². The van der Waals surface area contributed by atoms with Crippen LogP contribution in [0.2, 0.25) is 0 Å². The Morgan fingerprint density at radius 3 is 2.44 bits per heavy atom. The molecule has 0 saturated carbocycles. The van der Waals surface area contributed by atoms with Crippen molar-refractivity contribution in [1.29, 1.82) is 0 Å². The van der Waals surface area contributed by atoms with E-state index in [9.17, 15) is 28.7 Å². The highest BCUT2D eigenvalue weighted by Crippen LogP contribution is 2.32. The zero-order chi connectivity index (χ0) is 43.9. The van der Waals surface area contributed by atoms with Gasteiger partial charge in [-0.05, 0) is 96.0 Å². The number of unbranched alkanes of at least 4 members (excludes halogenated alkanes) is 3. The average Bonchev–Trinajstić information content (AvgIpc) is 3.68. The number of carbonyl (C=O) groups excluding carboxylic acids is 3. The number of carboxylic acids is 1. The van der Waals surface area contributed by atoms with Crippen LogP contribution in [0.25, 0.3) is 0 Å². The molecule has 14 heteroatoms. The molecule has 2 aromatic rings. The first-order valence-electron chi connectivity index (χ1n) is 21.9. The maximum Gasteiger partial charge on any atom is 0.309 e. The van der Waals surface area contributed by atoms with Gasteiger partial charge in [-0.1, -0.05) is 72.8 Å². The number of nitrogens with one attached hydrogen (secondary N) is 2. The Balaban J connectivity index is 1.90. The molecule has 1 aromatic carbocycles. The number of anilines is 1. The van der Waals surface area contributed by atoms with Crippen LogP contribution in [0.3, 0.4) is 0 Å². The van der Waals surface area contributed by atoms with Gasteiger partial charge in [0.2, 0.25) is 11.8 Å². The first-order valence-corrected chi connectivity index (χ1v) is 22.7. The third kappa shape index (κ3) is 15.1. The van der Waals surface area contributed by atoms with Gasteiger partial charge in [-0.25, -0.2) is 9.37 Å². The molecule has 3 rings (SSSR count). The molecule has 0 bridgehead atoms. The zero-order valence-electron chi connectivity index (χ0n) is 37.2. The van der Waals surface area contributed by atoms with Gasteiger partial charge in [-0.2, -0.15) is 0 Å². The van der Waals surface area contributed by atoms with E-state index in [4.69, 9.17) is 15.5 Å². The first-order chi connectivity index (χ1) is 27.9. The molecule has 0 aliphatic carbocycles. The van der Waals surface area contributed by atoms with E-state index in [1.165, 1.54) is 23.5 Å². The zero-order valence-corrected chi connectivity index (χ0v) is 38.0. The van der Waals surface area contributed by atoms with Crippen LogP contribution in [0.1, 0.15) is 153 Å². The van der Waals surface area contributed by atoms with Gasteiger partial charge in [0.25, 0.3) is 5.91 Å². The molecular formula is C45H73FN6O6S. The minimum atomic E-state index is -1.17. The van der Waals surface area contributed by atoms with Gasteiger partial charge in [-0.15, -0.1) is 11.3 Å². The van der Waals surface area contributed by atoms with E-state index in [1.54, 1.807) is 25.3 Å². The number of carboxylic acid groups (broad SMARTS) is 1. The number of nitrogen functional groups attached to an aromatic ring is 1. The number of nitrogens with two attached hydrogens (primary N) is 1. The number of amides is 3. The molecule has 1 saturated heterocycles. The van der Waals surface area contributed by atoms with Gasteiger partial charge >= 0.3 is 5.97 Å². The fraction of sp³-hybridized carbons (Fsp3) is 0.711. The Bertz CT molecular complexity index is 1650. The van der Waals surface area contributed by atoms with E-state index in [0.29, 0.717) is 36.6 Å². The van der Waals surface area contributed by atoms with Crippen LogP contribution in [0, 0.1) is 23.1 Å². The Hall–Kier alpha value is -3.62. The standard InChI is InChI=1S/C45H73FN6O6S/c1-10-13-14-16-22-52(43(55)40(30(6)11-2)50-39(53)25-33-18-15-17-21-51(33)9)37(29(4)5)26-38(58-12-3)42-49-36(28-59-42)41(54)48-32(27-45(7,8)44(56)57)23-31-19-20-35(47)34(46)24-31/h19-20,24,28-30,32-33,37-38,40H,10-18,21-23,25-27,47H2,1-9H3,(H,48,54)(H,50,53)(H,56,57)/t30-,32-,33+,37+,38+,40-/m0/s1. The number of hydrogen-bond donors (Lipinski definition) is 4. The second-order valence-corrected chi connectivity index (χ2v) is 18.4. The lowest BCUT2D eigenvalue weighted by atomic mass is 9.84. The molecule has 59 heavy (non-hydrogen) atoms. The number of likely N-dealkylation sites (tertiary alicyclic amines) is 1. The number of aromatic nitrogens is 1. The number of aliphatic carboxylic acids is 1. The lowest BCUT2D eigenvalue weighted by Crippen LogP contribution is -2.56. The van der Waals surface area contributed by atoms with Gasteiger partial charge in [0.05, 0.1) is 11.1 Å². The highest BCUT2D eigenvalue weighted by atomic mass is 32.1. The minimum absolute atomic E-state index is 0.00270. The van der Waals surface area contributed by atoms with E-state index in [1.807, 2.05) is 25.7 Å². The molecule has 2 heterocycles. The smallest absolute Gasteiger partial charge is 0.309 e. The van der Waals surface area contributed by atoms with Crippen molar-refractivity contribution in [2.45, 2.75) is 163 Å². The minimum Gasteiger partial charge on any atom is -0.481 e. The van der Waals surface area contributed by atoms with Crippen molar-refractivity contribution in [3.8, 4) is 0 Å². The van der Waals surface area contributed by atoms with Crippen LogP contribution < -0.4 is 16.4 Å². The van der Waals surface area contributed by atoms with Gasteiger partial charge in [-0.3, -0.25) is 19.2 Å². The monoisotopic (exact) mass is 845 g/mol. The second-order valence-electron chi connectivity index (χ2n) is 17.5. The summed E-state index contributed by atoms with van der Waals surface area (Å²) in [5.74, 6) is -2.29. The van der Waals surface area contributed by atoms with E-state index >= 15 is 0 Å². The van der Waals surface area contributed by atoms with E-state index in [2.05, 4.69) is 43.4 Å². The first kappa shape index (κ1) is 49.7. The van der Waals surface area contributed by atoms with Crippen molar-refractivity contribution in [3.63, 3.8) is 0 Å². The summed E-state index contributed by atoms with van der Waals surface area (Å²) in [6.07, 6.45) is 8.43. The largest absolute Gasteiger partial charge is 0.481 e. The topological polar surface area (TPSA) is 167 Å². The number of benzene rings is 1. The van der Waals surface area contributed by atoms with Gasteiger partial charge in [0, 0.05) is 49.5 Å². The Kier molecular flexibility index (Phi) is 20.2. The fourth-order valence-electron chi connectivity index (χ4n) is 7.94. The van der Waals surface area contributed by atoms with E-state index in [0.717, 1.165) is 57.9 Å². The molecule has 6 atom stereocenters. The van der Waals surface area contributed by atoms with E-state index in [-0.39, 0.29) is 60.0 Å². The van der Waals surface area contributed by atoms with Crippen LogP contribution in [0.15, 0.2) is 23.6 Å². The summed E-state index contributed by atoms with van der Waals surface area (Å²) in [6, 6.07) is 3.01. The molecule has 332 valence electrons. The predicted octanol–water partition coefficient (Wildman–Crippen LogP) is 8.01. The molecule has 5 N–H and O–H groups in total. The van der Waals surface area contributed by atoms with E-state index < -0.39 is 41.3 Å². The molecule has 3 amide bonds. The molecule has 0 spiro atoms. The molecule has 0 unspecified atom stereocenters. The summed E-state index contributed by atoms with van der Waals surface area (Å²) < 4.78 is 20.7. The van der Waals surface area contributed by atoms with Crippen molar-refractivity contribution in [1.82, 2.24) is 25.4 Å². The maximum atomic E-state index is 14.9. The second kappa shape index (κ2) is 24.0. The summed E-state index contributed by atoms with van der Waals surface area (Å²) in [5, 5.41) is 18.3. The van der Waals surface area contributed by atoms with Crippen molar-refractivity contribution >= 4 is 40.7 Å². The highest BCUT2D eigenvalue weighted by Gasteiger charge is 2.38. The van der Waals surface area contributed by atoms with Crippen molar-refractivity contribution in [3.05, 3.63) is 45.7 Å². The number of carbonyl (C=O) groups is 4. The van der Waals surface area contributed by atoms with Crippen molar-refractivity contribution in [2.24, 2.45) is 17.3 Å². The molecule has 1 fully saturated rings. The lowest BCUT2D eigenvalue weighted by molar-refractivity contribution is -0.147. The highest BCUT2D eigenvalue weighted by molar-refractivity contribution is 7.09. The van der Waals surface area contributed by atoms with Crippen molar-refractivity contribution in [2.75, 3.05) is 32.5 Å². The molecule has 1 aliphatic rings. The number of thiazole rings is 1. The summed E-state index contributed by atoms with van der Waals surface area (Å²) in [4.78, 5) is 63.3. The van der Waals surface area contributed by atoms with Crippen LogP contribution in [-0.4, -0.2) is 94.5 Å². The summed E-state index contributed by atoms with van der Waals surface area (Å²) in [6.45, 7) is 17.4. The van der Waals surface area contributed by atoms with Gasteiger partial charge in [0.15, 0.2) is 0 Å². The number of ether oxygens (including phenoxy) is 1. The lowest BCUT2D eigenvalue weighted by Gasteiger charge is -2.40. The van der Waals surface area contributed by atoms with Crippen LogP contribution in [-0.2, 0) is 25.5 Å². The molecular weight excluding hydrogens is 772 g/mol. The molecule has 1 aromatic heterocycles. The average molecular weight is 845 g/mol. The SMILES string of the molecule is CCCCCCN(C(=O)[C@@H](NC(=O)C[C@H]1CCCCN1C)[C@@H](C)CC)[C@H](C[C@@H](OCC)c1nc(C(=O)N[C@@H](Cc2ccc(N)c(F)c2)CC(C)(C)C(=O)O)cs1)C(C)C. The normalized spacial score (nSPS) is 17.5. The molecule has 1 aliphatic heterocycles. The van der Waals surface area contributed by atoms with Crippen molar-refractivity contribution < 1.29 is 33.4 Å². The third-order valence-corrected chi connectivity index (χ3v) is 12.9. The molecule has 12 nitrogen and oxygen atoms in total. The Labute approximate surface area is 356 Å². The number of hydrogen-bond acceptors (Lipinski definition) is 9. The summed E-state index contributed by atoms with van der Waals surface area (Å²) >= 11 is 1.30. The summed E-state index contributed by atoms with van der Waals surface area (Å²) in [5.41, 5.74) is 5.24. The number of halogens is 1. The Morgan fingerprint density at radius 1 is 1.10 bits per heavy atom. The van der Waals surface area contributed by atoms with Gasteiger partial charge < -0.3 is 36.0 Å². The predicted molar refractivity (Wildman–Crippen MR) is 234 cm³/mol. The van der Waals surface area contributed by atoms with Gasteiger partial charge in [0.1, 0.15) is 28.7 Å². The Morgan fingerprint density at radius 2 is 1.83 bits per heavy atom. The number of nitrogens with zero attached hydrogens (tertiary/aromatic N) is 3. The van der Waals surface area contributed by atoms with Crippen LogP contribution in [0.4, 0.5) is 10.1 Å². The summed E-state index contributed by atoms with van der Waals surface area (Å²) in [7, 11) is 2.07. The quantitative estimate of drug-likeness (QED) is 0.0572. The number of piperidine rings is 1. The maximum absolute atomic E-state index is 14.9. The number of rotatable bonds is 25. The van der Waals surface area contributed by atoms with Crippen LogP contribution >= 0.6 is 11.3 Å². The fourth-order valence-corrected chi connectivity index (χ4v) is 8.80.